The minimum absolute atomic E-state index is 0.107. The summed E-state index contributed by atoms with van der Waals surface area (Å²) in [5.41, 5.74) is 3.26. The van der Waals surface area contributed by atoms with Gasteiger partial charge < -0.3 is 14.0 Å². The lowest BCUT2D eigenvalue weighted by atomic mass is 9.44. The Hall–Kier alpha value is -1.39. The monoisotopic (exact) mass is 510 g/mol. The van der Waals surface area contributed by atoms with Gasteiger partial charge in [0.05, 0.1) is 13.2 Å². The Kier molecular flexibility index (Phi) is 7.72. The third kappa shape index (κ3) is 4.55. The van der Waals surface area contributed by atoms with Gasteiger partial charge in [0, 0.05) is 6.42 Å². The number of hydrogen-bond acceptors (Lipinski definition) is 3. The fraction of sp³-hybridized carbons (Fsp3) is 0.719. The molecule has 3 aliphatic carbocycles. The van der Waals surface area contributed by atoms with Crippen LogP contribution >= 0.6 is 0 Å². The SMILES string of the molecule is C=C[C@@]12CCc3cc(OC)ccc3[C@H]1[C@@H](CCCCC=O)C[C@]1(C)[C@@H](O[Si](C)(C)C(C)(C)C)CC[C@H]12. The lowest BCUT2D eigenvalue weighted by Crippen LogP contribution is -2.56. The lowest BCUT2D eigenvalue weighted by molar-refractivity contribution is -0.108. The Bertz CT molecular complexity index is 963. The molecule has 0 aromatic heterocycles. The molecule has 0 aliphatic heterocycles. The van der Waals surface area contributed by atoms with E-state index in [1.807, 2.05) is 0 Å². The van der Waals surface area contributed by atoms with Gasteiger partial charge in [-0.25, -0.2) is 0 Å². The lowest BCUT2D eigenvalue weighted by Gasteiger charge is -2.61. The molecule has 200 valence electrons. The molecule has 4 heteroatoms. The third-order valence-corrected chi connectivity index (χ3v) is 15.4. The van der Waals surface area contributed by atoms with Crippen molar-refractivity contribution in [2.75, 3.05) is 7.11 Å². The number of ether oxygens (including phenoxy) is 1. The first-order valence-corrected chi connectivity index (χ1v) is 17.3. The summed E-state index contributed by atoms with van der Waals surface area (Å²) in [5, 5.41) is 0.214. The first kappa shape index (κ1) is 27.6. The van der Waals surface area contributed by atoms with Crippen molar-refractivity contribution < 1.29 is 14.0 Å². The van der Waals surface area contributed by atoms with E-state index >= 15 is 0 Å². The van der Waals surface area contributed by atoms with Crippen molar-refractivity contribution in [1.82, 2.24) is 0 Å². The number of hydrogen-bond donors (Lipinski definition) is 0. The molecule has 6 atom stereocenters. The first-order valence-electron chi connectivity index (χ1n) is 14.4. The largest absolute Gasteiger partial charge is 0.497 e. The third-order valence-electron chi connectivity index (χ3n) is 10.9. The highest BCUT2D eigenvalue weighted by Crippen LogP contribution is 2.70. The van der Waals surface area contributed by atoms with Gasteiger partial charge in [0.15, 0.2) is 8.32 Å². The van der Waals surface area contributed by atoms with Crippen molar-refractivity contribution in [3.05, 3.63) is 42.0 Å². The van der Waals surface area contributed by atoms with E-state index in [1.165, 1.54) is 43.2 Å². The molecule has 1 aromatic carbocycles. The number of aryl methyl sites for hydroxylation is 1. The summed E-state index contributed by atoms with van der Waals surface area (Å²) >= 11 is 0. The van der Waals surface area contributed by atoms with Crippen molar-refractivity contribution >= 4 is 14.6 Å². The van der Waals surface area contributed by atoms with E-state index in [0.717, 1.165) is 31.3 Å². The van der Waals surface area contributed by atoms with E-state index in [2.05, 4.69) is 71.6 Å². The maximum Gasteiger partial charge on any atom is 0.192 e. The van der Waals surface area contributed by atoms with Gasteiger partial charge >= 0.3 is 0 Å². The van der Waals surface area contributed by atoms with Gasteiger partial charge in [0.1, 0.15) is 12.0 Å². The fourth-order valence-electron chi connectivity index (χ4n) is 8.15. The van der Waals surface area contributed by atoms with E-state index in [1.54, 1.807) is 7.11 Å². The highest BCUT2D eigenvalue weighted by molar-refractivity contribution is 6.74. The van der Waals surface area contributed by atoms with Crippen LogP contribution in [0.15, 0.2) is 30.9 Å². The van der Waals surface area contributed by atoms with Crippen LogP contribution in [0.5, 0.6) is 5.75 Å². The molecule has 2 saturated carbocycles. The molecule has 2 fully saturated rings. The smallest absolute Gasteiger partial charge is 0.192 e. The van der Waals surface area contributed by atoms with Crippen molar-refractivity contribution in [2.24, 2.45) is 22.7 Å². The quantitative estimate of drug-likeness (QED) is 0.145. The second-order valence-electron chi connectivity index (χ2n) is 13.8. The van der Waals surface area contributed by atoms with Crippen LogP contribution in [0.3, 0.4) is 0 Å². The van der Waals surface area contributed by atoms with Gasteiger partial charge in [-0.3, -0.25) is 0 Å². The minimum Gasteiger partial charge on any atom is -0.497 e. The maximum absolute atomic E-state index is 11.0. The molecule has 0 saturated heterocycles. The summed E-state index contributed by atoms with van der Waals surface area (Å²) in [6, 6.07) is 6.79. The van der Waals surface area contributed by atoms with Gasteiger partial charge in [0.2, 0.25) is 0 Å². The van der Waals surface area contributed by atoms with Crippen LogP contribution in [0, 0.1) is 22.7 Å². The number of aldehydes is 1. The molecular weight excluding hydrogens is 460 g/mol. The second-order valence-corrected chi connectivity index (χ2v) is 18.5. The average Bonchev–Trinajstić information content (AvgIpc) is 3.15. The van der Waals surface area contributed by atoms with Gasteiger partial charge in [-0.2, -0.15) is 0 Å². The zero-order valence-corrected chi connectivity index (χ0v) is 25.0. The van der Waals surface area contributed by atoms with E-state index in [4.69, 9.17) is 9.16 Å². The maximum atomic E-state index is 11.0. The van der Waals surface area contributed by atoms with Crippen LogP contribution in [0.4, 0.5) is 0 Å². The van der Waals surface area contributed by atoms with Crippen LogP contribution in [-0.4, -0.2) is 27.8 Å². The molecule has 0 bridgehead atoms. The number of methoxy groups -OCH3 is 1. The van der Waals surface area contributed by atoms with Crippen LogP contribution in [0.1, 0.15) is 96.1 Å². The summed E-state index contributed by atoms with van der Waals surface area (Å²) in [4.78, 5) is 11.0. The zero-order chi connectivity index (χ0) is 26.4. The van der Waals surface area contributed by atoms with Crippen LogP contribution in [0.25, 0.3) is 0 Å². The molecule has 3 aliphatic rings. The standard InChI is InChI=1S/C32H50O3Si/c1-9-32-19-18-23-21-25(34-6)14-15-26(23)29(32)24(13-11-10-12-20-33)22-31(5)27(32)16-17-28(31)35-36(7,8)30(2,3)4/h9,14-15,20-21,24,27-29H,1,10-13,16-19,22H2,2-8H3/t24-,27+,28-,29+,31-,32-/m0/s1. The first-order chi connectivity index (χ1) is 16.9. The van der Waals surface area contributed by atoms with Crippen molar-refractivity contribution in [3.8, 4) is 5.75 Å². The van der Waals surface area contributed by atoms with Gasteiger partial charge in [0.25, 0.3) is 0 Å². The molecule has 0 N–H and O–H groups in total. The molecule has 0 spiro atoms. The summed E-state index contributed by atoms with van der Waals surface area (Å²) in [6.45, 7) is 19.0. The predicted molar refractivity (Wildman–Crippen MR) is 152 cm³/mol. The van der Waals surface area contributed by atoms with Gasteiger partial charge in [-0.15, -0.1) is 6.58 Å². The summed E-state index contributed by atoms with van der Waals surface area (Å²) in [7, 11) is -0.111. The molecule has 0 heterocycles. The Balaban J connectivity index is 1.75. The van der Waals surface area contributed by atoms with Crippen molar-refractivity contribution in [1.29, 1.82) is 0 Å². The summed E-state index contributed by atoms with van der Waals surface area (Å²) in [5.74, 6) is 2.63. The van der Waals surface area contributed by atoms with Crippen LogP contribution < -0.4 is 4.74 Å². The second kappa shape index (κ2) is 10.1. The molecule has 36 heavy (non-hydrogen) atoms. The fourth-order valence-corrected chi connectivity index (χ4v) is 9.60. The van der Waals surface area contributed by atoms with Crippen molar-refractivity contribution in [3.63, 3.8) is 0 Å². The predicted octanol–water partition coefficient (Wildman–Crippen LogP) is 8.48. The van der Waals surface area contributed by atoms with Gasteiger partial charge in [-0.1, -0.05) is 46.3 Å². The Labute approximate surface area is 221 Å². The zero-order valence-electron chi connectivity index (χ0n) is 24.0. The minimum atomic E-state index is -1.88. The number of rotatable bonds is 9. The Morgan fingerprint density at radius 2 is 1.94 bits per heavy atom. The Morgan fingerprint density at radius 1 is 1.19 bits per heavy atom. The van der Waals surface area contributed by atoms with E-state index in [-0.39, 0.29) is 15.9 Å². The number of carbonyl (C=O) groups is 1. The van der Waals surface area contributed by atoms with Crippen molar-refractivity contribution in [2.45, 2.75) is 116 Å². The summed E-state index contributed by atoms with van der Waals surface area (Å²) < 4.78 is 12.8. The highest BCUT2D eigenvalue weighted by atomic mass is 28.4. The van der Waals surface area contributed by atoms with E-state index < -0.39 is 8.32 Å². The summed E-state index contributed by atoms with van der Waals surface area (Å²) in [6.07, 6.45) is 13.6. The number of carbonyl (C=O) groups excluding carboxylic acids is 1. The number of allylic oxidation sites excluding steroid dienone is 1. The number of unbranched alkanes of at least 4 members (excludes halogenated alkanes) is 2. The molecular formula is C32H50O3Si. The molecule has 3 nitrogen and oxygen atoms in total. The van der Waals surface area contributed by atoms with E-state index in [0.29, 0.717) is 30.3 Å². The number of benzene rings is 1. The molecule has 4 rings (SSSR count). The molecule has 0 unspecified atom stereocenters. The normalized spacial score (nSPS) is 33.9. The van der Waals surface area contributed by atoms with Crippen LogP contribution in [0.2, 0.25) is 18.1 Å². The molecule has 0 amide bonds. The van der Waals surface area contributed by atoms with Gasteiger partial charge in [-0.05, 0) is 115 Å². The topological polar surface area (TPSA) is 35.5 Å². The average molecular weight is 511 g/mol. The molecule has 0 radical (unpaired) electrons. The Morgan fingerprint density at radius 3 is 2.58 bits per heavy atom. The molecule has 1 aromatic rings. The number of fused-ring (bicyclic) bond motifs is 5. The highest BCUT2D eigenvalue weighted by Gasteiger charge is 2.64. The van der Waals surface area contributed by atoms with Crippen LogP contribution in [-0.2, 0) is 15.6 Å². The van der Waals surface area contributed by atoms with E-state index in [9.17, 15) is 4.79 Å².